The Hall–Kier alpha value is -1.39. The highest BCUT2D eigenvalue weighted by Gasteiger charge is 2.29. The van der Waals surface area contributed by atoms with Gasteiger partial charge in [-0.3, -0.25) is 4.79 Å². The Labute approximate surface area is 116 Å². The van der Waals surface area contributed by atoms with E-state index >= 15 is 0 Å². The Bertz CT molecular complexity index is 593. The molecule has 0 bridgehead atoms. The summed E-state index contributed by atoms with van der Waals surface area (Å²) in [5.41, 5.74) is 3.76. The topological polar surface area (TPSA) is 44.9 Å². The second kappa shape index (κ2) is 5.31. The van der Waals surface area contributed by atoms with Crippen LogP contribution in [-0.2, 0) is 6.54 Å². The van der Waals surface area contributed by atoms with Gasteiger partial charge in [0, 0.05) is 23.7 Å². The number of rotatable bonds is 4. The molecule has 4 heteroatoms. The molecule has 3 rings (SSSR count). The van der Waals surface area contributed by atoms with E-state index in [9.17, 15) is 4.79 Å². The number of aromatic amines is 1. The molecule has 0 unspecified atom stereocenters. The molecule has 19 heavy (non-hydrogen) atoms. The first-order valence-electron chi connectivity index (χ1n) is 6.67. The summed E-state index contributed by atoms with van der Waals surface area (Å²) in [5, 5.41) is 5.39. The third-order valence-electron chi connectivity index (χ3n) is 3.84. The van der Waals surface area contributed by atoms with Gasteiger partial charge in [-0.1, -0.05) is 41.2 Å². The van der Waals surface area contributed by atoms with Crippen LogP contribution >= 0.6 is 11.3 Å². The molecule has 0 aliphatic heterocycles. The molecule has 3 nitrogen and oxygen atoms in total. The largest absolute Gasteiger partial charge is 0.315 e. The van der Waals surface area contributed by atoms with E-state index in [1.807, 2.05) is 5.38 Å². The molecule has 1 aliphatic carbocycles. The van der Waals surface area contributed by atoms with Gasteiger partial charge >= 0.3 is 4.87 Å². The molecule has 0 spiro atoms. The molecule has 0 radical (unpaired) electrons. The van der Waals surface area contributed by atoms with Gasteiger partial charge in [-0.25, -0.2) is 0 Å². The number of hydrogen-bond donors (Lipinski definition) is 2. The van der Waals surface area contributed by atoms with Gasteiger partial charge in [-0.05, 0) is 31.2 Å². The maximum atomic E-state index is 11.0. The number of hydrogen-bond acceptors (Lipinski definition) is 3. The van der Waals surface area contributed by atoms with E-state index in [1.165, 1.54) is 35.3 Å². The minimum Gasteiger partial charge on any atom is -0.315 e. The van der Waals surface area contributed by atoms with Crippen molar-refractivity contribution >= 4 is 11.3 Å². The minimum atomic E-state index is 0.0305. The van der Waals surface area contributed by atoms with Crippen molar-refractivity contribution in [1.29, 1.82) is 0 Å². The van der Waals surface area contributed by atoms with Gasteiger partial charge in [-0.15, -0.1) is 0 Å². The molecular weight excluding hydrogens is 256 g/mol. The first kappa shape index (κ1) is 12.6. The van der Waals surface area contributed by atoms with Crippen LogP contribution in [0.3, 0.4) is 0 Å². The fourth-order valence-corrected chi connectivity index (χ4v) is 3.13. The van der Waals surface area contributed by atoms with Crippen molar-refractivity contribution in [3.05, 3.63) is 56.1 Å². The van der Waals surface area contributed by atoms with Crippen LogP contribution in [0.15, 0.2) is 34.4 Å². The van der Waals surface area contributed by atoms with Gasteiger partial charge < -0.3 is 10.3 Å². The van der Waals surface area contributed by atoms with Crippen LogP contribution in [0.2, 0.25) is 0 Å². The Kier molecular flexibility index (Phi) is 3.53. The fourth-order valence-electron chi connectivity index (χ4n) is 2.55. The van der Waals surface area contributed by atoms with Gasteiger partial charge in [0.1, 0.15) is 0 Å². The van der Waals surface area contributed by atoms with E-state index in [4.69, 9.17) is 0 Å². The highest BCUT2D eigenvalue weighted by Crippen LogP contribution is 2.36. The summed E-state index contributed by atoms with van der Waals surface area (Å²) in [6, 6.07) is 9.44. The predicted octanol–water partition coefficient (Wildman–Crippen LogP) is 2.78. The average Bonchev–Trinajstić information content (AvgIpc) is 2.75. The van der Waals surface area contributed by atoms with Gasteiger partial charge in [0.2, 0.25) is 0 Å². The zero-order valence-electron chi connectivity index (χ0n) is 11.0. The molecule has 0 atom stereocenters. The van der Waals surface area contributed by atoms with Crippen molar-refractivity contribution in [2.45, 2.75) is 38.3 Å². The van der Waals surface area contributed by atoms with Crippen LogP contribution in [0.1, 0.15) is 35.6 Å². The van der Waals surface area contributed by atoms with Crippen LogP contribution in [0.25, 0.3) is 0 Å². The van der Waals surface area contributed by atoms with Crippen LogP contribution in [0, 0.1) is 6.92 Å². The molecule has 1 saturated carbocycles. The SMILES string of the molecule is Cc1ccc(C2CC(NCc3csc(=O)[nH]3)C2)cc1. The standard InChI is InChI=1S/C15H18N2OS/c1-10-2-4-11(5-3-10)12-6-13(7-12)16-8-14-9-19-15(18)17-14/h2-5,9,12-13,16H,6-8H2,1H3,(H,17,18). The maximum absolute atomic E-state index is 11.0. The first-order valence-corrected chi connectivity index (χ1v) is 7.55. The average molecular weight is 274 g/mol. The third kappa shape index (κ3) is 2.96. The summed E-state index contributed by atoms with van der Waals surface area (Å²) in [7, 11) is 0. The Morgan fingerprint density at radius 2 is 2.05 bits per heavy atom. The molecule has 1 aliphatic rings. The monoisotopic (exact) mass is 274 g/mol. The molecule has 1 aromatic heterocycles. The summed E-state index contributed by atoms with van der Waals surface area (Å²) in [4.78, 5) is 13.9. The van der Waals surface area contributed by atoms with Crippen molar-refractivity contribution in [3.8, 4) is 0 Å². The van der Waals surface area contributed by atoms with E-state index in [0.717, 1.165) is 12.2 Å². The molecule has 1 heterocycles. The smallest absolute Gasteiger partial charge is 0.304 e. The summed E-state index contributed by atoms with van der Waals surface area (Å²) in [5.74, 6) is 0.694. The molecule has 2 N–H and O–H groups in total. The van der Waals surface area contributed by atoms with Crippen molar-refractivity contribution < 1.29 is 0 Å². The van der Waals surface area contributed by atoms with E-state index in [-0.39, 0.29) is 4.87 Å². The van der Waals surface area contributed by atoms with Crippen LogP contribution in [-0.4, -0.2) is 11.0 Å². The lowest BCUT2D eigenvalue weighted by molar-refractivity contribution is 0.288. The number of benzene rings is 1. The van der Waals surface area contributed by atoms with Crippen molar-refractivity contribution in [1.82, 2.24) is 10.3 Å². The summed E-state index contributed by atoms with van der Waals surface area (Å²) < 4.78 is 0. The lowest BCUT2D eigenvalue weighted by Gasteiger charge is -2.36. The normalized spacial score (nSPS) is 22.2. The van der Waals surface area contributed by atoms with E-state index < -0.39 is 0 Å². The van der Waals surface area contributed by atoms with E-state index in [0.29, 0.717) is 12.0 Å². The van der Waals surface area contributed by atoms with Crippen LogP contribution in [0.5, 0.6) is 0 Å². The Balaban J connectivity index is 1.47. The lowest BCUT2D eigenvalue weighted by Crippen LogP contribution is -2.39. The second-order valence-electron chi connectivity index (χ2n) is 5.33. The highest BCUT2D eigenvalue weighted by molar-refractivity contribution is 7.07. The molecule has 0 saturated heterocycles. The molecule has 1 fully saturated rings. The fraction of sp³-hybridized carbons (Fsp3) is 0.400. The number of H-pyrrole nitrogens is 1. The number of aryl methyl sites for hydroxylation is 1. The quantitative estimate of drug-likeness (QED) is 0.900. The van der Waals surface area contributed by atoms with Gasteiger partial charge in [0.15, 0.2) is 0 Å². The summed E-state index contributed by atoms with van der Waals surface area (Å²) >= 11 is 1.23. The molecule has 2 aromatic rings. The second-order valence-corrected chi connectivity index (χ2v) is 6.17. The zero-order valence-corrected chi connectivity index (χ0v) is 11.8. The van der Waals surface area contributed by atoms with E-state index in [2.05, 4.69) is 41.5 Å². The minimum absolute atomic E-state index is 0.0305. The predicted molar refractivity (Wildman–Crippen MR) is 78.7 cm³/mol. The molecule has 0 amide bonds. The highest BCUT2D eigenvalue weighted by atomic mass is 32.1. The Morgan fingerprint density at radius 3 is 2.68 bits per heavy atom. The van der Waals surface area contributed by atoms with Gasteiger partial charge in [0.05, 0.1) is 0 Å². The van der Waals surface area contributed by atoms with Crippen molar-refractivity contribution in [3.63, 3.8) is 0 Å². The van der Waals surface area contributed by atoms with Gasteiger partial charge in [0.25, 0.3) is 0 Å². The molecular formula is C15H18N2OS. The van der Waals surface area contributed by atoms with Crippen molar-refractivity contribution in [2.24, 2.45) is 0 Å². The lowest BCUT2D eigenvalue weighted by atomic mass is 9.76. The van der Waals surface area contributed by atoms with Crippen molar-refractivity contribution in [2.75, 3.05) is 0 Å². The Morgan fingerprint density at radius 1 is 1.32 bits per heavy atom. The van der Waals surface area contributed by atoms with Crippen LogP contribution in [0.4, 0.5) is 0 Å². The maximum Gasteiger partial charge on any atom is 0.304 e. The third-order valence-corrected chi connectivity index (χ3v) is 4.56. The molecule has 1 aromatic carbocycles. The number of aromatic nitrogens is 1. The van der Waals surface area contributed by atoms with Gasteiger partial charge in [-0.2, -0.15) is 0 Å². The summed E-state index contributed by atoms with van der Waals surface area (Å²) in [6.45, 7) is 2.89. The first-order chi connectivity index (χ1) is 9.20. The molecule has 100 valence electrons. The summed E-state index contributed by atoms with van der Waals surface area (Å²) in [6.07, 6.45) is 2.38. The number of thiazole rings is 1. The number of nitrogens with one attached hydrogen (secondary N) is 2. The zero-order chi connectivity index (χ0) is 13.2. The van der Waals surface area contributed by atoms with E-state index in [1.54, 1.807) is 0 Å². The van der Waals surface area contributed by atoms with Crippen LogP contribution < -0.4 is 10.2 Å².